The molecule has 0 unspecified atom stereocenters. The number of halogens is 1. The zero-order valence-electron chi connectivity index (χ0n) is 15.9. The van der Waals surface area contributed by atoms with E-state index in [0.29, 0.717) is 12.3 Å². The molecule has 2 heterocycles. The van der Waals surface area contributed by atoms with E-state index in [4.69, 9.17) is 4.52 Å². The van der Waals surface area contributed by atoms with Gasteiger partial charge in [-0.1, -0.05) is 65.8 Å². The molecule has 2 aromatic heterocycles. The molecule has 0 saturated heterocycles. The van der Waals surface area contributed by atoms with Crippen molar-refractivity contribution < 1.29 is 37.9 Å². The van der Waals surface area contributed by atoms with Gasteiger partial charge in [0.25, 0.3) is 5.91 Å². The Morgan fingerprint density at radius 3 is 2.28 bits per heavy atom. The molecule has 1 amide bonds. The maximum Gasteiger partial charge on any atom is 0.273 e. The minimum absolute atomic E-state index is 0. The van der Waals surface area contributed by atoms with E-state index < -0.39 is 0 Å². The highest BCUT2D eigenvalue weighted by Gasteiger charge is 2.16. The quantitative estimate of drug-likeness (QED) is 0.328. The highest BCUT2D eigenvalue weighted by atomic mass is 127. The molecule has 4 aromatic rings. The van der Waals surface area contributed by atoms with Crippen LogP contribution in [0, 0.1) is 0 Å². The molecule has 2 aromatic carbocycles. The molecule has 5 nitrogen and oxygen atoms in total. The molecule has 0 fully saturated rings. The number of nitrogens with zero attached hydrogens (tertiary/aromatic N) is 2. The molecule has 4 rings (SSSR count). The third-order valence-electron chi connectivity index (χ3n) is 4.59. The predicted octanol–water partition coefficient (Wildman–Crippen LogP) is 0.767. The molecule has 29 heavy (non-hydrogen) atoms. The highest BCUT2D eigenvalue weighted by molar-refractivity contribution is 5.93. The van der Waals surface area contributed by atoms with Crippen LogP contribution in [0.25, 0.3) is 22.5 Å². The lowest BCUT2D eigenvalue weighted by molar-refractivity contribution is -0.679. The number of amides is 1. The van der Waals surface area contributed by atoms with Gasteiger partial charge in [0.1, 0.15) is 13.6 Å². The molecule has 0 aliphatic carbocycles. The van der Waals surface area contributed by atoms with E-state index in [0.717, 1.165) is 22.4 Å². The van der Waals surface area contributed by atoms with Gasteiger partial charge in [0, 0.05) is 23.8 Å². The molecule has 0 atom stereocenters. The molecule has 0 bridgehead atoms. The van der Waals surface area contributed by atoms with Crippen LogP contribution in [0.15, 0.2) is 89.6 Å². The third-order valence-corrected chi connectivity index (χ3v) is 4.59. The lowest BCUT2D eigenvalue weighted by atomic mass is 10.1. The van der Waals surface area contributed by atoms with E-state index in [-0.39, 0.29) is 35.6 Å². The number of nitrogens with one attached hydrogen (secondary N) is 1. The minimum atomic E-state index is -0.268. The van der Waals surface area contributed by atoms with E-state index in [2.05, 4.69) is 34.7 Å². The molecular formula is C23H20IN3O2. The number of hydrogen-bond donors (Lipinski definition) is 1. The summed E-state index contributed by atoms with van der Waals surface area (Å²) in [6.45, 7) is 0.392. The first-order chi connectivity index (χ1) is 13.7. The van der Waals surface area contributed by atoms with E-state index in [1.165, 1.54) is 0 Å². The standard InChI is InChI=1S/C23H19N3O2.HI/c1-26-13-12-19(17-8-4-2-5-9-17)14-20(26)16-24-23(27)21-15-22(28-25-21)18-10-6-3-7-11-18;/h2-15H,16H2,1H3;1H. The maximum absolute atomic E-state index is 12.5. The van der Waals surface area contributed by atoms with Crippen molar-refractivity contribution in [3.63, 3.8) is 0 Å². The zero-order chi connectivity index (χ0) is 19.3. The fraction of sp³-hybridized carbons (Fsp3) is 0.0870. The van der Waals surface area contributed by atoms with Gasteiger partial charge in [0.2, 0.25) is 5.69 Å². The number of carbonyl (C=O) groups excluding carboxylic acids is 1. The second-order valence-electron chi connectivity index (χ2n) is 6.51. The van der Waals surface area contributed by atoms with E-state index >= 15 is 0 Å². The topological polar surface area (TPSA) is 59.0 Å². The summed E-state index contributed by atoms with van der Waals surface area (Å²) in [7, 11) is 1.96. The Balaban J connectivity index is 0.00000240. The molecule has 0 radical (unpaired) electrons. The number of pyridine rings is 1. The van der Waals surface area contributed by atoms with Gasteiger partial charge >= 0.3 is 0 Å². The number of aryl methyl sites for hydroxylation is 1. The number of aromatic nitrogens is 2. The Kier molecular flexibility index (Phi) is 6.77. The summed E-state index contributed by atoms with van der Waals surface area (Å²) in [5.74, 6) is 0.304. The average molecular weight is 497 g/mol. The van der Waals surface area contributed by atoms with Gasteiger partial charge in [-0.3, -0.25) is 4.79 Å². The second kappa shape index (κ2) is 9.47. The molecule has 146 valence electrons. The zero-order valence-corrected chi connectivity index (χ0v) is 18.0. The Labute approximate surface area is 186 Å². The molecule has 1 N–H and O–H groups in total. The van der Waals surface area contributed by atoms with Crippen LogP contribution < -0.4 is 33.9 Å². The molecule has 6 heteroatoms. The minimum Gasteiger partial charge on any atom is -1.00 e. The van der Waals surface area contributed by atoms with Crippen LogP contribution in [0.1, 0.15) is 16.2 Å². The normalized spacial score (nSPS) is 10.2. The van der Waals surface area contributed by atoms with E-state index in [1.54, 1.807) is 6.07 Å². The van der Waals surface area contributed by atoms with Crippen molar-refractivity contribution in [1.82, 2.24) is 10.5 Å². The van der Waals surface area contributed by atoms with Crippen molar-refractivity contribution in [2.24, 2.45) is 7.05 Å². The SMILES string of the molecule is C[n+]1ccc(-c2ccccc2)cc1CNC(=O)c1cc(-c2ccccc2)on1.[I-]. The van der Waals surface area contributed by atoms with Gasteiger partial charge in [0.15, 0.2) is 17.7 Å². The van der Waals surface area contributed by atoms with Crippen molar-refractivity contribution in [2.75, 3.05) is 0 Å². The lowest BCUT2D eigenvalue weighted by Gasteiger charge is -2.05. The van der Waals surface area contributed by atoms with Gasteiger partial charge in [-0.05, 0) is 11.1 Å². The van der Waals surface area contributed by atoms with Gasteiger partial charge < -0.3 is 33.8 Å². The lowest BCUT2D eigenvalue weighted by Crippen LogP contribution is -3.00. The summed E-state index contributed by atoms with van der Waals surface area (Å²) in [6.07, 6.45) is 1.99. The number of hydrogen-bond acceptors (Lipinski definition) is 3. The molecule has 0 aliphatic heterocycles. The van der Waals surface area contributed by atoms with Crippen LogP contribution in [0.2, 0.25) is 0 Å². The van der Waals surface area contributed by atoms with Gasteiger partial charge in [-0.15, -0.1) is 0 Å². The van der Waals surface area contributed by atoms with Crippen molar-refractivity contribution in [1.29, 1.82) is 0 Å². The summed E-state index contributed by atoms with van der Waals surface area (Å²) < 4.78 is 7.30. The third kappa shape index (κ3) is 4.89. The Hall–Kier alpha value is -3.00. The largest absolute Gasteiger partial charge is 1.00 e. The first-order valence-electron chi connectivity index (χ1n) is 9.05. The summed E-state index contributed by atoms with van der Waals surface area (Å²) >= 11 is 0. The Morgan fingerprint density at radius 1 is 0.931 bits per heavy atom. The fourth-order valence-electron chi connectivity index (χ4n) is 2.99. The van der Waals surface area contributed by atoms with Crippen molar-refractivity contribution in [3.8, 4) is 22.5 Å². The van der Waals surface area contributed by atoms with Crippen molar-refractivity contribution >= 4 is 5.91 Å². The maximum atomic E-state index is 12.5. The predicted molar refractivity (Wildman–Crippen MR) is 106 cm³/mol. The van der Waals surface area contributed by atoms with Crippen LogP contribution in [-0.2, 0) is 13.6 Å². The van der Waals surface area contributed by atoms with Crippen LogP contribution in [0.5, 0.6) is 0 Å². The summed E-state index contributed by atoms with van der Waals surface area (Å²) in [5, 5.41) is 6.82. The first-order valence-corrected chi connectivity index (χ1v) is 9.05. The number of benzene rings is 2. The van der Waals surface area contributed by atoms with Gasteiger partial charge in [0.05, 0.1) is 0 Å². The summed E-state index contributed by atoms with van der Waals surface area (Å²) in [6, 6.07) is 25.5. The second-order valence-corrected chi connectivity index (χ2v) is 6.51. The molecule has 0 spiro atoms. The number of carbonyl (C=O) groups is 1. The van der Waals surface area contributed by atoms with Crippen molar-refractivity contribution in [2.45, 2.75) is 6.54 Å². The van der Waals surface area contributed by atoms with Gasteiger partial charge in [-0.25, -0.2) is 4.57 Å². The smallest absolute Gasteiger partial charge is 0.273 e. The van der Waals surface area contributed by atoms with Crippen LogP contribution in [0.4, 0.5) is 0 Å². The summed E-state index contributed by atoms with van der Waals surface area (Å²) in [5.41, 5.74) is 4.38. The van der Waals surface area contributed by atoms with Gasteiger partial charge in [-0.2, -0.15) is 0 Å². The Morgan fingerprint density at radius 2 is 1.59 bits per heavy atom. The molecule has 0 aliphatic rings. The van der Waals surface area contributed by atoms with Crippen LogP contribution in [0.3, 0.4) is 0 Å². The molecular weight excluding hydrogens is 477 g/mol. The monoisotopic (exact) mass is 497 g/mol. The summed E-state index contributed by atoms with van der Waals surface area (Å²) in [4.78, 5) is 12.5. The van der Waals surface area contributed by atoms with Crippen molar-refractivity contribution in [3.05, 3.63) is 96.4 Å². The first kappa shape index (κ1) is 20.7. The Bertz CT molecular complexity index is 1100. The fourth-order valence-corrected chi connectivity index (χ4v) is 2.99. The van der Waals surface area contributed by atoms with E-state index in [1.807, 2.05) is 66.3 Å². The average Bonchev–Trinajstić information content (AvgIpc) is 3.25. The highest BCUT2D eigenvalue weighted by Crippen LogP contribution is 2.20. The molecule has 0 saturated carbocycles. The number of rotatable bonds is 5. The van der Waals surface area contributed by atoms with Crippen LogP contribution in [-0.4, -0.2) is 11.1 Å². The van der Waals surface area contributed by atoms with E-state index in [9.17, 15) is 4.79 Å². The van der Waals surface area contributed by atoms with Crippen LogP contribution >= 0.6 is 0 Å².